The van der Waals surface area contributed by atoms with Gasteiger partial charge in [-0.2, -0.15) is 0 Å². The summed E-state index contributed by atoms with van der Waals surface area (Å²) in [4.78, 5) is 0. The highest BCUT2D eigenvalue weighted by Crippen LogP contribution is 2.50. The van der Waals surface area contributed by atoms with Crippen molar-refractivity contribution in [3.63, 3.8) is 0 Å². The molecule has 0 bridgehead atoms. The van der Waals surface area contributed by atoms with Crippen molar-refractivity contribution in [2.75, 3.05) is 13.2 Å². The van der Waals surface area contributed by atoms with Gasteiger partial charge in [0.1, 0.15) is 5.75 Å². The molecule has 0 saturated carbocycles. The van der Waals surface area contributed by atoms with Crippen molar-refractivity contribution in [1.29, 1.82) is 0 Å². The molecule has 5 nitrogen and oxygen atoms in total. The Kier molecular flexibility index (Phi) is 10.4. The van der Waals surface area contributed by atoms with Gasteiger partial charge in [0.05, 0.1) is 19.8 Å². The number of phenols is 1. The lowest BCUT2D eigenvalue weighted by molar-refractivity contribution is 0.116. The fraction of sp³-hybridized carbons (Fsp3) is 0.684. The Labute approximate surface area is 152 Å². The highest BCUT2D eigenvalue weighted by molar-refractivity contribution is 7.48. The van der Waals surface area contributed by atoms with Gasteiger partial charge in [-0.05, 0) is 68.4 Å². The van der Waals surface area contributed by atoms with Crippen molar-refractivity contribution in [2.24, 2.45) is 0 Å². The first-order chi connectivity index (χ1) is 12.0. The summed E-state index contributed by atoms with van der Waals surface area (Å²) in [7, 11) is -3.53. The summed E-state index contributed by atoms with van der Waals surface area (Å²) in [5.41, 5.74) is 2.74. The van der Waals surface area contributed by atoms with Crippen LogP contribution in [0, 0.1) is 0 Å². The van der Waals surface area contributed by atoms with E-state index in [0.717, 1.165) is 55.2 Å². The number of hydrogen-bond acceptors (Lipinski definition) is 5. The van der Waals surface area contributed by atoms with E-state index in [1.165, 1.54) is 0 Å². The van der Waals surface area contributed by atoms with Crippen molar-refractivity contribution in [3.05, 3.63) is 28.8 Å². The molecule has 1 rings (SSSR count). The zero-order chi connectivity index (χ0) is 18.7. The molecule has 0 aromatic heterocycles. The van der Waals surface area contributed by atoms with Crippen LogP contribution in [0.3, 0.4) is 0 Å². The van der Waals surface area contributed by atoms with Crippen molar-refractivity contribution in [3.8, 4) is 5.75 Å². The van der Waals surface area contributed by atoms with E-state index in [2.05, 4.69) is 13.8 Å². The van der Waals surface area contributed by atoms with Crippen LogP contribution in [0.1, 0.15) is 70.1 Å². The van der Waals surface area contributed by atoms with Gasteiger partial charge in [-0.15, -0.1) is 0 Å². The Hall–Kier alpha value is -0.870. The second-order valence-corrected chi connectivity index (χ2v) is 7.70. The summed E-state index contributed by atoms with van der Waals surface area (Å²) in [5.74, 6) is 0.392. The lowest BCUT2D eigenvalue weighted by Gasteiger charge is -2.18. The molecule has 0 saturated heterocycles. The lowest BCUT2D eigenvalue weighted by atomic mass is 9.97. The predicted octanol–water partition coefficient (Wildman–Crippen LogP) is 5.78. The van der Waals surface area contributed by atoms with Crippen molar-refractivity contribution in [1.82, 2.24) is 0 Å². The van der Waals surface area contributed by atoms with E-state index in [-0.39, 0.29) is 19.8 Å². The molecule has 0 aliphatic rings. The third kappa shape index (κ3) is 7.49. The summed E-state index contributed by atoms with van der Waals surface area (Å²) in [5, 5.41) is 10.5. The first-order valence-corrected chi connectivity index (χ1v) is 10.8. The number of phenolic OH excluding ortho intramolecular Hbond substituents is 1. The molecule has 1 aromatic carbocycles. The quantitative estimate of drug-likeness (QED) is 0.445. The van der Waals surface area contributed by atoms with Crippen LogP contribution >= 0.6 is 7.82 Å². The van der Waals surface area contributed by atoms with Crippen LogP contribution in [0.4, 0.5) is 0 Å². The van der Waals surface area contributed by atoms with E-state index in [4.69, 9.17) is 13.6 Å². The van der Waals surface area contributed by atoms with Crippen LogP contribution in [-0.4, -0.2) is 18.3 Å². The average Bonchev–Trinajstić information content (AvgIpc) is 2.59. The zero-order valence-corrected chi connectivity index (χ0v) is 16.9. The van der Waals surface area contributed by atoms with Gasteiger partial charge in [-0.1, -0.05) is 26.7 Å². The topological polar surface area (TPSA) is 65.0 Å². The Morgan fingerprint density at radius 1 is 0.880 bits per heavy atom. The number of rotatable bonds is 13. The molecule has 0 amide bonds. The summed E-state index contributed by atoms with van der Waals surface area (Å²) in [6, 6.07) is 3.87. The maximum absolute atomic E-state index is 12.5. The van der Waals surface area contributed by atoms with Crippen LogP contribution in [0.15, 0.2) is 12.1 Å². The van der Waals surface area contributed by atoms with Gasteiger partial charge in [0.2, 0.25) is 0 Å². The zero-order valence-electron chi connectivity index (χ0n) is 16.0. The highest BCUT2D eigenvalue weighted by Gasteiger charge is 2.25. The third-order valence-electron chi connectivity index (χ3n) is 3.89. The second-order valence-electron chi connectivity index (χ2n) is 6.03. The van der Waals surface area contributed by atoms with Gasteiger partial charge in [-0.25, -0.2) is 4.57 Å². The molecule has 0 radical (unpaired) electrons. The molecule has 144 valence electrons. The molecule has 1 aromatic rings. The van der Waals surface area contributed by atoms with Crippen molar-refractivity contribution < 1.29 is 23.2 Å². The first-order valence-electron chi connectivity index (χ1n) is 9.36. The summed E-state index contributed by atoms with van der Waals surface area (Å²) in [6.07, 6.45) is 5.80. The van der Waals surface area contributed by atoms with Crippen LogP contribution < -0.4 is 0 Å². The fourth-order valence-corrected chi connectivity index (χ4v) is 3.78. The maximum Gasteiger partial charge on any atom is 0.475 e. The lowest BCUT2D eigenvalue weighted by Crippen LogP contribution is -2.02. The van der Waals surface area contributed by atoms with Gasteiger partial charge in [-0.3, -0.25) is 13.6 Å². The smallest absolute Gasteiger partial charge is 0.475 e. The molecular weight excluding hydrogens is 339 g/mol. The van der Waals surface area contributed by atoms with Crippen LogP contribution in [0.25, 0.3) is 0 Å². The van der Waals surface area contributed by atoms with E-state index in [1.54, 1.807) is 13.8 Å². The molecule has 0 heterocycles. The number of phosphoric ester groups is 1. The van der Waals surface area contributed by atoms with E-state index in [0.29, 0.717) is 5.75 Å². The fourth-order valence-electron chi connectivity index (χ4n) is 2.61. The summed E-state index contributed by atoms with van der Waals surface area (Å²) >= 11 is 0. The normalized spacial score (nSPS) is 11.8. The molecule has 0 spiro atoms. The SMILES string of the molecule is CCCCc1cc(COP(=O)(OCC)OCC)cc(CCCC)c1O. The Bertz CT molecular complexity index is 520. The molecule has 0 aliphatic carbocycles. The minimum Gasteiger partial charge on any atom is -0.507 e. The standard InChI is InChI=1S/C19H33O5P/c1-5-9-11-17-13-16(14-18(19(17)20)12-10-6-2)15-24-25(21,22-7-3)23-8-4/h13-14,20H,5-12,15H2,1-4H3. The molecule has 0 aliphatic heterocycles. The Balaban J connectivity index is 2.97. The number of hydrogen-bond donors (Lipinski definition) is 1. The van der Waals surface area contributed by atoms with Gasteiger partial charge in [0, 0.05) is 0 Å². The van der Waals surface area contributed by atoms with Crippen LogP contribution in [0.2, 0.25) is 0 Å². The van der Waals surface area contributed by atoms with Crippen LogP contribution in [-0.2, 0) is 37.6 Å². The monoisotopic (exact) mass is 372 g/mol. The molecular formula is C19H33O5P. The minimum atomic E-state index is -3.53. The largest absolute Gasteiger partial charge is 0.507 e. The molecule has 25 heavy (non-hydrogen) atoms. The Morgan fingerprint density at radius 2 is 1.36 bits per heavy atom. The van der Waals surface area contributed by atoms with Crippen molar-refractivity contribution >= 4 is 7.82 Å². The number of unbranched alkanes of at least 4 members (excludes halogenated alkanes) is 2. The van der Waals surface area contributed by atoms with Gasteiger partial charge < -0.3 is 5.11 Å². The molecule has 0 unspecified atom stereocenters. The van der Waals surface area contributed by atoms with E-state index in [9.17, 15) is 9.67 Å². The van der Waals surface area contributed by atoms with Gasteiger partial charge >= 0.3 is 7.82 Å². The number of aryl methyl sites for hydroxylation is 2. The van der Waals surface area contributed by atoms with E-state index in [1.807, 2.05) is 12.1 Å². The van der Waals surface area contributed by atoms with Gasteiger partial charge in [0.15, 0.2) is 0 Å². The minimum absolute atomic E-state index is 0.135. The molecule has 0 atom stereocenters. The number of benzene rings is 1. The summed E-state index contributed by atoms with van der Waals surface area (Å²) < 4.78 is 28.3. The van der Waals surface area contributed by atoms with Gasteiger partial charge in [0.25, 0.3) is 0 Å². The van der Waals surface area contributed by atoms with E-state index < -0.39 is 7.82 Å². The molecule has 0 fully saturated rings. The van der Waals surface area contributed by atoms with Crippen LogP contribution in [0.5, 0.6) is 5.75 Å². The maximum atomic E-state index is 12.5. The van der Waals surface area contributed by atoms with E-state index >= 15 is 0 Å². The second kappa shape index (κ2) is 11.7. The predicted molar refractivity (Wildman–Crippen MR) is 101 cm³/mol. The summed E-state index contributed by atoms with van der Waals surface area (Å²) in [6.45, 7) is 8.41. The average molecular weight is 372 g/mol. The first kappa shape index (κ1) is 22.2. The molecule has 6 heteroatoms. The number of phosphoric acid groups is 1. The highest BCUT2D eigenvalue weighted by atomic mass is 31.2. The molecule has 1 N–H and O–H groups in total. The number of aromatic hydroxyl groups is 1. The Morgan fingerprint density at radius 3 is 1.76 bits per heavy atom. The van der Waals surface area contributed by atoms with Crippen molar-refractivity contribution in [2.45, 2.75) is 72.8 Å². The third-order valence-corrected chi connectivity index (χ3v) is 5.48.